The lowest BCUT2D eigenvalue weighted by Crippen LogP contribution is -2.22. The van der Waals surface area contributed by atoms with Gasteiger partial charge in [-0.05, 0) is 36.3 Å². The number of hydrogen-bond donors (Lipinski definition) is 1. The lowest BCUT2D eigenvalue weighted by atomic mass is 9.93. The van der Waals surface area contributed by atoms with Crippen LogP contribution in [0.4, 0.5) is 0 Å². The van der Waals surface area contributed by atoms with Crippen LogP contribution in [0, 0.1) is 11.8 Å². The summed E-state index contributed by atoms with van der Waals surface area (Å²) in [6.45, 7) is 2.15. The third kappa shape index (κ3) is 2.56. The molecule has 1 aliphatic carbocycles. The molecule has 0 aliphatic heterocycles. The smallest absolute Gasteiger partial charge is 0.122 e. The van der Waals surface area contributed by atoms with Gasteiger partial charge in [0.2, 0.25) is 0 Å². The molecule has 0 bridgehead atoms. The van der Waals surface area contributed by atoms with E-state index < -0.39 is 0 Å². The lowest BCUT2D eigenvalue weighted by Gasteiger charge is -2.19. The standard InChI is InChI=1S/C14H20O2/c1-10(11-7-8-11)13(15)9-12-5-3-4-6-14(12)16-2/h3-6,10-11,13,15H,7-9H2,1-2H3. The summed E-state index contributed by atoms with van der Waals surface area (Å²) < 4.78 is 5.29. The lowest BCUT2D eigenvalue weighted by molar-refractivity contribution is 0.105. The largest absolute Gasteiger partial charge is 0.496 e. The van der Waals surface area contributed by atoms with E-state index in [1.807, 2.05) is 24.3 Å². The quantitative estimate of drug-likeness (QED) is 0.826. The van der Waals surface area contributed by atoms with Gasteiger partial charge >= 0.3 is 0 Å². The number of benzene rings is 1. The van der Waals surface area contributed by atoms with Gasteiger partial charge in [-0.1, -0.05) is 25.1 Å². The predicted octanol–water partition coefficient (Wildman–Crippen LogP) is 2.64. The molecule has 1 saturated carbocycles. The normalized spacial score (nSPS) is 19.2. The number of ether oxygens (including phenoxy) is 1. The number of aliphatic hydroxyl groups excluding tert-OH is 1. The summed E-state index contributed by atoms with van der Waals surface area (Å²) >= 11 is 0. The molecule has 88 valence electrons. The van der Waals surface area contributed by atoms with Crippen molar-refractivity contribution < 1.29 is 9.84 Å². The van der Waals surface area contributed by atoms with Crippen LogP contribution >= 0.6 is 0 Å². The van der Waals surface area contributed by atoms with Gasteiger partial charge in [0.25, 0.3) is 0 Å². The molecule has 0 radical (unpaired) electrons. The number of hydrogen-bond acceptors (Lipinski definition) is 2. The Hall–Kier alpha value is -1.02. The van der Waals surface area contributed by atoms with E-state index in [0.29, 0.717) is 12.3 Å². The first-order chi connectivity index (χ1) is 7.72. The Balaban J connectivity index is 2.01. The predicted molar refractivity (Wildman–Crippen MR) is 64.6 cm³/mol. The van der Waals surface area contributed by atoms with E-state index in [-0.39, 0.29) is 6.10 Å². The fourth-order valence-electron chi connectivity index (χ4n) is 2.22. The van der Waals surface area contributed by atoms with Crippen LogP contribution in [0.15, 0.2) is 24.3 Å². The van der Waals surface area contributed by atoms with Crippen LogP contribution in [0.5, 0.6) is 5.75 Å². The van der Waals surface area contributed by atoms with Crippen LogP contribution in [0.2, 0.25) is 0 Å². The van der Waals surface area contributed by atoms with Crippen molar-refractivity contribution in [2.75, 3.05) is 7.11 Å². The van der Waals surface area contributed by atoms with E-state index in [4.69, 9.17) is 4.74 Å². The second-order valence-corrected chi connectivity index (χ2v) is 4.78. The van der Waals surface area contributed by atoms with E-state index in [2.05, 4.69) is 6.92 Å². The van der Waals surface area contributed by atoms with Gasteiger partial charge in [0.05, 0.1) is 13.2 Å². The number of methoxy groups -OCH3 is 1. The van der Waals surface area contributed by atoms with Crippen LogP contribution in [-0.2, 0) is 6.42 Å². The first-order valence-corrected chi connectivity index (χ1v) is 6.02. The Morgan fingerprint density at radius 1 is 1.38 bits per heavy atom. The maximum absolute atomic E-state index is 10.1. The third-order valence-electron chi connectivity index (χ3n) is 3.59. The number of rotatable bonds is 5. The van der Waals surface area contributed by atoms with Crippen LogP contribution < -0.4 is 4.74 Å². The van der Waals surface area contributed by atoms with Gasteiger partial charge in [-0.2, -0.15) is 0 Å². The maximum atomic E-state index is 10.1. The number of aliphatic hydroxyl groups is 1. The molecular weight excluding hydrogens is 200 g/mol. The summed E-state index contributed by atoms with van der Waals surface area (Å²) in [4.78, 5) is 0. The monoisotopic (exact) mass is 220 g/mol. The third-order valence-corrected chi connectivity index (χ3v) is 3.59. The summed E-state index contributed by atoms with van der Waals surface area (Å²) in [6.07, 6.45) is 3.01. The molecule has 0 amide bonds. The Morgan fingerprint density at radius 3 is 2.69 bits per heavy atom. The molecule has 2 heteroatoms. The van der Waals surface area contributed by atoms with Crippen molar-refractivity contribution >= 4 is 0 Å². The molecule has 0 heterocycles. The zero-order chi connectivity index (χ0) is 11.5. The first kappa shape index (κ1) is 11.5. The Kier molecular flexibility index (Phi) is 3.49. The van der Waals surface area contributed by atoms with E-state index in [1.54, 1.807) is 7.11 Å². The maximum Gasteiger partial charge on any atom is 0.122 e. The van der Waals surface area contributed by atoms with Crippen LogP contribution in [0.3, 0.4) is 0 Å². The molecular formula is C14H20O2. The van der Waals surface area contributed by atoms with E-state index in [1.165, 1.54) is 12.8 Å². The van der Waals surface area contributed by atoms with Crippen LogP contribution in [0.25, 0.3) is 0 Å². The molecule has 2 unspecified atom stereocenters. The first-order valence-electron chi connectivity index (χ1n) is 6.02. The van der Waals surface area contributed by atoms with E-state index in [9.17, 15) is 5.11 Å². The minimum Gasteiger partial charge on any atom is -0.496 e. The summed E-state index contributed by atoms with van der Waals surface area (Å²) in [7, 11) is 1.68. The molecule has 1 aromatic rings. The molecule has 2 rings (SSSR count). The van der Waals surface area contributed by atoms with Gasteiger partial charge in [0, 0.05) is 6.42 Å². The summed E-state index contributed by atoms with van der Waals surface area (Å²) in [5.74, 6) is 2.03. The van der Waals surface area contributed by atoms with Crippen molar-refractivity contribution in [2.24, 2.45) is 11.8 Å². The average molecular weight is 220 g/mol. The Labute approximate surface area is 97.3 Å². The second kappa shape index (κ2) is 4.88. The number of para-hydroxylation sites is 1. The summed E-state index contributed by atoms with van der Waals surface area (Å²) in [5, 5.41) is 10.1. The molecule has 1 fully saturated rings. The topological polar surface area (TPSA) is 29.5 Å². The molecule has 1 aromatic carbocycles. The molecule has 0 spiro atoms. The molecule has 2 atom stereocenters. The van der Waals surface area contributed by atoms with Crippen molar-refractivity contribution in [2.45, 2.75) is 32.3 Å². The molecule has 16 heavy (non-hydrogen) atoms. The van der Waals surface area contributed by atoms with Crippen molar-refractivity contribution in [1.29, 1.82) is 0 Å². The average Bonchev–Trinajstić information content (AvgIpc) is 3.12. The highest BCUT2D eigenvalue weighted by Crippen LogP contribution is 2.39. The van der Waals surface area contributed by atoms with Crippen LogP contribution in [0.1, 0.15) is 25.3 Å². The SMILES string of the molecule is COc1ccccc1CC(O)C(C)C1CC1. The minimum atomic E-state index is -0.246. The highest BCUT2D eigenvalue weighted by molar-refractivity contribution is 5.33. The second-order valence-electron chi connectivity index (χ2n) is 4.78. The fourth-order valence-corrected chi connectivity index (χ4v) is 2.22. The van der Waals surface area contributed by atoms with Crippen molar-refractivity contribution in [1.82, 2.24) is 0 Å². The van der Waals surface area contributed by atoms with Gasteiger partial charge < -0.3 is 9.84 Å². The van der Waals surface area contributed by atoms with Crippen molar-refractivity contribution in [3.8, 4) is 5.75 Å². The molecule has 0 saturated heterocycles. The molecule has 2 nitrogen and oxygen atoms in total. The van der Waals surface area contributed by atoms with Gasteiger partial charge in [-0.25, -0.2) is 0 Å². The van der Waals surface area contributed by atoms with Gasteiger partial charge in [-0.15, -0.1) is 0 Å². The molecule has 0 aromatic heterocycles. The highest BCUT2D eigenvalue weighted by Gasteiger charge is 2.32. The van der Waals surface area contributed by atoms with Gasteiger partial charge in [0.1, 0.15) is 5.75 Å². The van der Waals surface area contributed by atoms with Gasteiger partial charge in [-0.3, -0.25) is 0 Å². The van der Waals surface area contributed by atoms with Crippen molar-refractivity contribution in [3.05, 3.63) is 29.8 Å². The zero-order valence-electron chi connectivity index (χ0n) is 10.0. The highest BCUT2D eigenvalue weighted by atomic mass is 16.5. The Morgan fingerprint density at radius 2 is 2.06 bits per heavy atom. The minimum absolute atomic E-state index is 0.246. The summed E-state index contributed by atoms with van der Waals surface area (Å²) in [5.41, 5.74) is 1.10. The van der Waals surface area contributed by atoms with Crippen LogP contribution in [-0.4, -0.2) is 18.3 Å². The van der Waals surface area contributed by atoms with Gasteiger partial charge in [0.15, 0.2) is 0 Å². The summed E-state index contributed by atoms with van der Waals surface area (Å²) in [6, 6.07) is 7.93. The van der Waals surface area contributed by atoms with E-state index in [0.717, 1.165) is 17.2 Å². The van der Waals surface area contributed by atoms with E-state index >= 15 is 0 Å². The molecule has 1 aliphatic rings. The zero-order valence-corrected chi connectivity index (χ0v) is 10.0. The fraction of sp³-hybridized carbons (Fsp3) is 0.571. The Bertz CT molecular complexity index is 344. The van der Waals surface area contributed by atoms with Crippen molar-refractivity contribution in [3.63, 3.8) is 0 Å². The molecule has 1 N–H and O–H groups in total.